The molecule has 0 spiro atoms. The molecule has 1 nitrogen and oxygen atoms in total. The summed E-state index contributed by atoms with van der Waals surface area (Å²) in [5.74, 6) is 0.961. The summed E-state index contributed by atoms with van der Waals surface area (Å²) in [5, 5.41) is 0. The standard InChI is InChI=1S/C16H26O/c1-7-17-14-10-8-13(9-11-14)16(5,6)12-15(2,3)4/h8-11H,7,12H2,1-6H3. The normalized spacial score (nSPS) is 12.6. The maximum absolute atomic E-state index is 5.47. The molecule has 0 saturated heterocycles. The van der Waals surface area contributed by atoms with Gasteiger partial charge in [-0.05, 0) is 41.9 Å². The first-order valence-electron chi connectivity index (χ1n) is 6.48. The predicted molar refractivity (Wildman–Crippen MR) is 74.7 cm³/mol. The fourth-order valence-corrected chi connectivity index (χ4v) is 2.60. The van der Waals surface area contributed by atoms with Crippen molar-refractivity contribution in [3.05, 3.63) is 29.8 Å². The van der Waals surface area contributed by atoms with E-state index in [1.54, 1.807) is 0 Å². The van der Waals surface area contributed by atoms with Gasteiger partial charge in [-0.2, -0.15) is 0 Å². The van der Waals surface area contributed by atoms with E-state index in [1.165, 1.54) is 12.0 Å². The van der Waals surface area contributed by atoms with Crippen LogP contribution in [0.15, 0.2) is 24.3 Å². The van der Waals surface area contributed by atoms with E-state index in [4.69, 9.17) is 4.74 Å². The third-order valence-electron chi connectivity index (χ3n) is 2.92. The van der Waals surface area contributed by atoms with Gasteiger partial charge in [0.1, 0.15) is 5.75 Å². The van der Waals surface area contributed by atoms with Crippen LogP contribution in [0.3, 0.4) is 0 Å². The first-order chi connectivity index (χ1) is 7.74. The molecule has 0 atom stereocenters. The molecule has 1 rings (SSSR count). The molecule has 0 amide bonds. The fraction of sp³-hybridized carbons (Fsp3) is 0.625. The lowest BCUT2D eigenvalue weighted by Crippen LogP contribution is -2.24. The van der Waals surface area contributed by atoms with Gasteiger partial charge in [0.15, 0.2) is 0 Å². The molecule has 0 radical (unpaired) electrons. The highest BCUT2D eigenvalue weighted by Gasteiger charge is 2.26. The molecule has 0 aliphatic heterocycles. The van der Waals surface area contributed by atoms with Gasteiger partial charge in [-0.15, -0.1) is 0 Å². The Morgan fingerprint density at radius 2 is 1.47 bits per heavy atom. The van der Waals surface area contributed by atoms with E-state index in [0.29, 0.717) is 5.41 Å². The first kappa shape index (κ1) is 14.1. The Hall–Kier alpha value is -0.980. The predicted octanol–water partition coefficient (Wildman–Crippen LogP) is 4.80. The maximum Gasteiger partial charge on any atom is 0.119 e. The monoisotopic (exact) mass is 234 g/mol. The van der Waals surface area contributed by atoms with Gasteiger partial charge in [0.2, 0.25) is 0 Å². The van der Waals surface area contributed by atoms with Gasteiger partial charge in [0.05, 0.1) is 6.61 Å². The van der Waals surface area contributed by atoms with Crippen molar-refractivity contribution in [2.45, 2.75) is 53.4 Å². The minimum Gasteiger partial charge on any atom is -0.494 e. The number of benzene rings is 1. The van der Waals surface area contributed by atoms with Crippen molar-refractivity contribution >= 4 is 0 Å². The van der Waals surface area contributed by atoms with Gasteiger partial charge < -0.3 is 4.74 Å². The maximum atomic E-state index is 5.47. The van der Waals surface area contributed by atoms with Crippen LogP contribution in [-0.4, -0.2) is 6.61 Å². The molecule has 17 heavy (non-hydrogen) atoms. The zero-order valence-corrected chi connectivity index (χ0v) is 12.1. The summed E-state index contributed by atoms with van der Waals surface area (Å²) >= 11 is 0. The van der Waals surface area contributed by atoms with Gasteiger partial charge in [0.25, 0.3) is 0 Å². The highest BCUT2D eigenvalue weighted by molar-refractivity contribution is 5.31. The molecule has 96 valence electrons. The summed E-state index contributed by atoms with van der Waals surface area (Å²) < 4.78 is 5.47. The summed E-state index contributed by atoms with van der Waals surface area (Å²) in [6.45, 7) is 14.2. The minimum absolute atomic E-state index is 0.211. The van der Waals surface area contributed by atoms with Crippen molar-refractivity contribution < 1.29 is 4.74 Å². The molecule has 1 aromatic carbocycles. The topological polar surface area (TPSA) is 9.23 Å². The first-order valence-corrected chi connectivity index (χ1v) is 6.48. The highest BCUT2D eigenvalue weighted by atomic mass is 16.5. The van der Waals surface area contributed by atoms with Gasteiger partial charge >= 0.3 is 0 Å². The zero-order chi connectivity index (χ0) is 13.1. The molecule has 0 saturated carbocycles. The molecule has 0 aliphatic carbocycles. The fourth-order valence-electron chi connectivity index (χ4n) is 2.60. The van der Waals surface area contributed by atoms with Gasteiger partial charge in [-0.3, -0.25) is 0 Å². The average molecular weight is 234 g/mol. The number of hydrogen-bond donors (Lipinski definition) is 0. The summed E-state index contributed by atoms with van der Waals surface area (Å²) in [4.78, 5) is 0. The Bertz CT molecular complexity index is 341. The largest absolute Gasteiger partial charge is 0.494 e. The Labute approximate surface area is 106 Å². The van der Waals surface area contributed by atoms with Crippen LogP contribution in [0.5, 0.6) is 5.75 Å². The van der Waals surface area contributed by atoms with Crippen LogP contribution in [-0.2, 0) is 5.41 Å². The second-order valence-corrected chi connectivity index (χ2v) is 6.58. The molecular weight excluding hydrogens is 208 g/mol. The Balaban J connectivity index is 2.84. The Kier molecular flexibility index (Phi) is 4.24. The van der Waals surface area contributed by atoms with E-state index in [9.17, 15) is 0 Å². The van der Waals surface area contributed by atoms with Crippen LogP contribution in [0.1, 0.15) is 53.5 Å². The van der Waals surface area contributed by atoms with Gasteiger partial charge in [0, 0.05) is 0 Å². The smallest absolute Gasteiger partial charge is 0.119 e. The molecule has 0 N–H and O–H groups in total. The number of rotatable bonds is 4. The van der Waals surface area contributed by atoms with E-state index < -0.39 is 0 Å². The third-order valence-corrected chi connectivity index (χ3v) is 2.92. The summed E-state index contributed by atoms with van der Waals surface area (Å²) in [7, 11) is 0. The van der Waals surface area contributed by atoms with Crippen molar-refractivity contribution in [3.63, 3.8) is 0 Å². The average Bonchev–Trinajstić information content (AvgIpc) is 2.15. The van der Waals surface area contributed by atoms with E-state index in [-0.39, 0.29) is 5.41 Å². The Morgan fingerprint density at radius 1 is 0.941 bits per heavy atom. The molecular formula is C16H26O. The summed E-state index contributed by atoms with van der Waals surface area (Å²) in [5.41, 5.74) is 1.95. The van der Waals surface area contributed by atoms with E-state index >= 15 is 0 Å². The van der Waals surface area contributed by atoms with E-state index in [0.717, 1.165) is 12.4 Å². The molecule has 0 bridgehead atoms. The minimum atomic E-state index is 0.211. The highest BCUT2D eigenvalue weighted by Crippen LogP contribution is 2.36. The van der Waals surface area contributed by atoms with Crippen molar-refractivity contribution in [1.29, 1.82) is 0 Å². The van der Waals surface area contributed by atoms with Crippen molar-refractivity contribution in [1.82, 2.24) is 0 Å². The third kappa shape index (κ3) is 4.41. The quantitative estimate of drug-likeness (QED) is 0.727. The summed E-state index contributed by atoms with van der Waals surface area (Å²) in [6.07, 6.45) is 1.17. The van der Waals surface area contributed by atoms with Gasteiger partial charge in [-0.25, -0.2) is 0 Å². The Morgan fingerprint density at radius 3 is 1.88 bits per heavy atom. The van der Waals surface area contributed by atoms with Crippen LogP contribution >= 0.6 is 0 Å². The van der Waals surface area contributed by atoms with E-state index in [2.05, 4.69) is 58.9 Å². The SMILES string of the molecule is CCOc1ccc(C(C)(C)CC(C)(C)C)cc1. The number of hydrogen-bond acceptors (Lipinski definition) is 1. The lowest BCUT2D eigenvalue weighted by atomic mass is 9.72. The van der Waals surface area contributed by atoms with Crippen LogP contribution in [0.4, 0.5) is 0 Å². The molecule has 0 unspecified atom stereocenters. The molecule has 0 heterocycles. The molecule has 0 aromatic heterocycles. The lowest BCUT2D eigenvalue weighted by Gasteiger charge is -2.33. The molecule has 0 aliphatic rings. The second kappa shape index (κ2) is 5.12. The molecule has 1 heteroatoms. The van der Waals surface area contributed by atoms with Crippen LogP contribution in [0.2, 0.25) is 0 Å². The molecule has 1 aromatic rings. The summed E-state index contributed by atoms with van der Waals surface area (Å²) in [6, 6.07) is 8.53. The second-order valence-electron chi connectivity index (χ2n) is 6.58. The van der Waals surface area contributed by atoms with Crippen LogP contribution in [0.25, 0.3) is 0 Å². The van der Waals surface area contributed by atoms with E-state index in [1.807, 2.05) is 6.92 Å². The van der Waals surface area contributed by atoms with Crippen molar-refractivity contribution in [2.24, 2.45) is 5.41 Å². The zero-order valence-electron chi connectivity index (χ0n) is 12.1. The number of ether oxygens (including phenoxy) is 1. The lowest BCUT2D eigenvalue weighted by molar-refractivity contribution is 0.283. The van der Waals surface area contributed by atoms with Crippen molar-refractivity contribution in [2.75, 3.05) is 6.61 Å². The van der Waals surface area contributed by atoms with Gasteiger partial charge in [-0.1, -0.05) is 46.8 Å². The van der Waals surface area contributed by atoms with Crippen LogP contribution in [0, 0.1) is 5.41 Å². The molecule has 0 fully saturated rings. The van der Waals surface area contributed by atoms with Crippen molar-refractivity contribution in [3.8, 4) is 5.75 Å². The van der Waals surface area contributed by atoms with Crippen LogP contribution < -0.4 is 4.74 Å².